The summed E-state index contributed by atoms with van der Waals surface area (Å²) in [6, 6.07) is 5.10. The van der Waals surface area contributed by atoms with Crippen molar-refractivity contribution in [2.75, 3.05) is 11.9 Å². The minimum Gasteiger partial charge on any atom is -0.391 e. The Labute approximate surface area is 141 Å². The largest absolute Gasteiger partial charge is 0.391 e. The van der Waals surface area contributed by atoms with Crippen molar-refractivity contribution in [3.8, 4) is 0 Å². The number of hydrogen-bond donors (Lipinski definition) is 3. The zero-order valence-electron chi connectivity index (χ0n) is 13.3. The Kier molecular flexibility index (Phi) is 6.42. The molecule has 1 aromatic carbocycles. The first-order valence-corrected chi connectivity index (χ1v) is 8.39. The first-order chi connectivity index (χ1) is 11.0. The molecule has 0 aliphatic heterocycles. The highest BCUT2D eigenvalue weighted by Crippen LogP contribution is 2.26. The van der Waals surface area contributed by atoms with Gasteiger partial charge in [0.2, 0.25) is 0 Å². The molecule has 0 aromatic heterocycles. The summed E-state index contributed by atoms with van der Waals surface area (Å²) in [5.41, 5.74) is 1.21. The van der Waals surface area contributed by atoms with Crippen molar-refractivity contribution in [1.82, 2.24) is 5.32 Å². The Morgan fingerprint density at radius 2 is 1.96 bits per heavy atom. The number of hydrogen-bond acceptors (Lipinski definition) is 3. The maximum absolute atomic E-state index is 11.9. The van der Waals surface area contributed by atoms with Gasteiger partial charge in [0.05, 0.1) is 6.10 Å². The summed E-state index contributed by atoms with van der Waals surface area (Å²) in [6.07, 6.45) is 4.79. The van der Waals surface area contributed by atoms with Crippen LogP contribution in [0.2, 0.25) is 5.02 Å². The first kappa shape index (κ1) is 17.8. The molecule has 6 heteroatoms. The molecule has 3 N–H and O–H groups in total. The van der Waals surface area contributed by atoms with E-state index in [1.165, 1.54) is 6.42 Å². The van der Waals surface area contributed by atoms with Gasteiger partial charge in [0.1, 0.15) is 0 Å². The summed E-state index contributed by atoms with van der Waals surface area (Å²) < 4.78 is 0. The first-order valence-electron chi connectivity index (χ1n) is 8.01. The lowest BCUT2D eigenvalue weighted by atomic mass is 9.85. The van der Waals surface area contributed by atoms with Crippen LogP contribution in [-0.4, -0.2) is 29.6 Å². The van der Waals surface area contributed by atoms with Crippen LogP contribution in [0.3, 0.4) is 0 Å². The van der Waals surface area contributed by atoms with Crippen LogP contribution in [0.5, 0.6) is 0 Å². The monoisotopic (exact) mass is 338 g/mol. The zero-order valence-corrected chi connectivity index (χ0v) is 14.0. The number of benzene rings is 1. The Bertz CT molecular complexity index is 571. The van der Waals surface area contributed by atoms with Gasteiger partial charge in [-0.3, -0.25) is 9.59 Å². The van der Waals surface area contributed by atoms with Crippen molar-refractivity contribution >= 4 is 29.1 Å². The topological polar surface area (TPSA) is 78.4 Å². The highest BCUT2D eigenvalue weighted by Gasteiger charge is 2.23. The normalized spacial score (nSPS) is 16.7. The van der Waals surface area contributed by atoms with E-state index in [4.69, 9.17) is 11.6 Å². The minimum absolute atomic E-state index is 0.103. The Morgan fingerprint density at radius 1 is 1.26 bits per heavy atom. The van der Waals surface area contributed by atoms with Crippen molar-refractivity contribution in [3.05, 3.63) is 28.8 Å². The molecule has 1 aliphatic carbocycles. The lowest BCUT2D eigenvalue weighted by molar-refractivity contribution is -0.136. The average molecular weight is 339 g/mol. The summed E-state index contributed by atoms with van der Waals surface area (Å²) in [5.74, 6) is -1.30. The van der Waals surface area contributed by atoms with E-state index >= 15 is 0 Å². The van der Waals surface area contributed by atoms with E-state index < -0.39 is 17.9 Å². The summed E-state index contributed by atoms with van der Waals surface area (Å²) in [4.78, 5) is 23.8. The average Bonchev–Trinajstić information content (AvgIpc) is 2.57. The molecule has 1 fully saturated rings. The van der Waals surface area contributed by atoms with E-state index in [1.807, 2.05) is 0 Å². The Balaban J connectivity index is 1.83. The SMILES string of the molecule is Cc1c(Cl)cccc1NC(=O)C(=O)NCC(O)C1CCCCC1. The molecule has 5 nitrogen and oxygen atoms in total. The lowest BCUT2D eigenvalue weighted by Gasteiger charge is -2.26. The molecule has 23 heavy (non-hydrogen) atoms. The summed E-state index contributed by atoms with van der Waals surface area (Å²) in [5, 5.41) is 15.7. The molecule has 1 atom stereocenters. The number of aliphatic hydroxyl groups is 1. The van der Waals surface area contributed by atoms with Crippen LogP contribution in [0, 0.1) is 12.8 Å². The smallest absolute Gasteiger partial charge is 0.313 e. The van der Waals surface area contributed by atoms with Crippen LogP contribution >= 0.6 is 11.6 Å². The standard InChI is InChI=1S/C17H23ClN2O3/c1-11-13(18)8-5-9-14(11)20-17(23)16(22)19-10-15(21)12-6-3-2-4-7-12/h5,8-9,12,15,21H,2-4,6-7,10H2,1H3,(H,19,22)(H,20,23). The number of halogens is 1. The van der Waals surface area contributed by atoms with E-state index in [0.717, 1.165) is 25.7 Å². The number of anilines is 1. The fourth-order valence-electron chi connectivity index (χ4n) is 2.89. The van der Waals surface area contributed by atoms with Gasteiger partial charge in [0.25, 0.3) is 0 Å². The van der Waals surface area contributed by atoms with E-state index in [-0.39, 0.29) is 12.5 Å². The van der Waals surface area contributed by atoms with Gasteiger partial charge in [-0.15, -0.1) is 0 Å². The van der Waals surface area contributed by atoms with Crippen molar-refractivity contribution in [2.24, 2.45) is 5.92 Å². The molecule has 1 aliphatic rings. The van der Waals surface area contributed by atoms with Crippen LogP contribution in [-0.2, 0) is 9.59 Å². The number of rotatable bonds is 4. The van der Waals surface area contributed by atoms with E-state index in [0.29, 0.717) is 16.3 Å². The van der Waals surface area contributed by atoms with Gasteiger partial charge in [0, 0.05) is 17.3 Å². The van der Waals surface area contributed by atoms with Crippen LogP contribution in [0.15, 0.2) is 18.2 Å². The third kappa shape index (κ3) is 4.94. The minimum atomic E-state index is -0.758. The highest BCUT2D eigenvalue weighted by molar-refractivity contribution is 6.40. The van der Waals surface area contributed by atoms with Crippen LogP contribution in [0.4, 0.5) is 5.69 Å². The van der Waals surface area contributed by atoms with Crippen LogP contribution < -0.4 is 10.6 Å². The van der Waals surface area contributed by atoms with Crippen molar-refractivity contribution in [2.45, 2.75) is 45.1 Å². The number of carbonyl (C=O) groups is 2. The predicted octanol–water partition coefficient (Wildman–Crippen LogP) is 2.64. The zero-order chi connectivity index (χ0) is 16.8. The maximum atomic E-state index is 11.9. The second kappa shape index (κ2) is 8.31. The molecule has 126 valence electrons. The molecule has 1 saturated carbocycles. The third-order valence-corrected chi connectivity index (χ3v) is 4.80. The van der Waals surface area contributed by atoms with Crippen molar-refractivity contribution in [1.29, 1.82) is 0 Å². The quantitative estimate of drug-likeness (QED) is 0.738. The molecule has 2 rings (SSSR count). The molecular formula is C17H23ClN2O3. The summed E-state index contributed by atoms with van der Waals surface area (Å²) in [7, 11) is 0. The molecule has 0 bridgehead atoms. The van der Waals surface area contributed by atoms with Crippen LogP contribution in [0.1, 0.15) is 37.7 Å². The molecule has 1 unspecified atom stereocenters. The molecule has 2 amide bonds. The van der Waals surface area contributed by atoms with Crippen molar-refractivity contribution < 1.29 is 14.7 Å². The maximum Gasteiger partial charge on any atom is 0.313 e. The fraction of sp³-hybridized carbons (Fsp3) is 0.529. The summed E-state index contributed by atoms with van der Waals surface area (Å²) >= 11 is 5.98. The predicted molar refractivity (Wildman–Crippen MR) is 90.4 cm³/mol. The third-order valence-electron chi connectivity index (χ3n) is 4.39. The fourth-order valence-corrected chi connectivity index (χ4v) is 3.06. The molecular weight excluding hydrogens is 316 g/mol. The van der Waals surface area contributed by atoms with Gasteiger partial charge >= 0.3 is 11.8 Å². The van der Waals surface area contributed by atoms with Gasteiger partial charge < -0.3 is 15.7 Å². The molecule has 0 spiro atoms. The van der Waals surface area contributed by atoms with E-state index in [1.54, 1.807) is 25.1 Å². The molecule has 0 heterocycles. The molecule has 0 radical (unpaired) electrons. The second-order valence-corrected chi connectivity index (χ2v) is 6.45. The van der Waals surface area contributed by atoms with E-state index in [9.17, 15) is 14.7 Å². The number of nitrogens with one attached hydrogen (secondary N) is 2. The second-order valence-electron chi connectivity index (χ2n) is 6.04. The van der Waals surface area contributed by atoms with E-state index in [2.05, 4.69) is 10.6 Å². The van der Waals surface area contributed by atoms with Gasteiger partial charge in [-0.25, -0.2) is 0 Å². The van der Waals surface area contributed by atoms with Crippen molar-refractivity contribution in [3.63, 3.8) is 0 Å². The molecule has 0 saturated heterocycles. The number of carbonyl (C=O) groups excluding carboxylic acids is 2. The number of amides is 2. The lowest BCUT2D eigenvalue weighted by Crippen LogP contribution is -2.42. The Hall–Kier alpha value is -1.59. The number of aliphatic hydroxyl groups excluding tert-OH is 1. The van der Waals surface area contributed by atoms with Gasteiger partial charge in [0.15, 0.2) is 0 Å². The summed E-state index contributed by atoms with van der Waals surface area (Å²) in [6.45, 7) is 1.87. The van der Waals surface area contributed by atoms with Gasteiger partial charge in [-0.1, -0.05) is 36.9 Å². The van der Waals surface area contributed by atoms with Gasteiger partial charge in [-0.2, -0.15) is 0 Å². The molecule has 1 aromatic rings. The highest BCUT2D eigenvalue weighted by atomic mass is 35.5. The Morgan fingerprint density at radius 3 is 2.65 bits per heavy atom. The van der Waals surface area contributed by atoms with Crippen LogP contribution in [0.25, 0.3) is 0 Å². The van der Waals surface area contributed by atoms with Gasteiger partial charge in [-0.05, 0) is 43.4 Å².